The molecule has 1 unspecified atom stereocenters. The van der Waals surface area contributed by atoms with Gasteiger partial charge in [-0.1, -0.05) is 0 Å². The second kappa shape index (κ2) is 5.96. The summed E-state index contributed by atoms with van der Waals surface area (Å²) < 4.78 is 7.21. The highest BCUT2D eigenvalue weighted by Crippen LogP contribution is 2.26. The molecule has 8 nitrogen and oxygen atoms in total. The summed E-state index contributed by atoms with van der Waals surface area (Å²) >= 11 is 0. The van der Waals surface area contributed by atoms with Crippen LogP contribution in [0.5, 0.6) is 0 Å². The quantitative estimate of drug-likeness (QED) is 0.777. The van der Waals surface area contributed by atoms with Crippen molar-refractivity contribution >= 4 is 36.4 Å². The maximum atomic E-state index is 12.3. The molecular weight excluding hydrogens is 307 g/mol. The predicted octanol–water partition coefficient (Wildman–Crippen LogP) is 0.774. The summed E-state index contributed by atoms with van der Waals surface area (Å²) in [6.07, 6.45) is 2.81. The molecule has 126 valence electrons. The van der Waals surface area contributed by atoms with Crippen LogP contribution in [0.1, 0.15) is 39.7 Å². The van der Waals surface area contributed by atoms with E-state index >= 15 is 0 Å². The van der Waals surface area contributed by atoms with Crippen molar-refractivity contribution in [3.63, 3.8) is 0 Å². The Morgan fingerprint density at radius 2 is 2.17 bits per heavy atom. The van der Waals surface area contributed by atoms with E-state index in [-0.39, 0.29) is 12.1 Å². The van der Waals surface area contributed by atoms with E-state index in [1.807, 2.05) is 20.8 Å². The van der Waals surface area contributed by atoms with Crippen molar-refractivity contribution in [1.29, 1.82) is 0 Å². The maximum Gasteiger partial charge on any atom is 0.410 e. The Morgan fingerprint density at radius 3 is 2.88 bits per heavy atom. The van der Waals surface area contributed by atoms with Gasteiger partial charge in [0, 0.05) is 18.7 Å². The molecule has 0 saturated carbocycles. The number of fused-ring (bicyclic) bond motifs is 1. The second-order valence-corrected chi connectivity index (χ2v) is 7.01. The summed E-state index contributed by atoms with van der Waals surface area (Å²) in [6.45, 7) is 6.72. The van der Waals surface area contributed by atoms with Crippen LogP contribution in [0.15, 0.2) is 6.33 Å². The number of ether oxygens (including phenoxy) is 1. The van der Waals surface area contributed by atoms with Crippen LogP contribution in [0.4, 0.5) is 10.6 Å². The molecule has 2 aromatic rings. The largest absolute Gasteiger partial charge is 0.444 e. The molecule has 2 aromatic heterocycles. The highest BCUT2D eigenvalue weighted by atomic mass is 16.6. The van der Waals surface area contributed by atoms with Gasteiger partial charge >= 0.3 is 6.09 Å². The number of carbonyl (C=O) groups excluding carboxylic acids is 1. The molecule has 3 rings (SSSR count). The minimum atomic E-state index is -0.519. The van der Waals surface area contributed by atoms with Gasteiger partial charge in [0.1, 0.15) is 25.6 Å². The Balaban J connectivity index is 1.86. The Kier molecular flexibility index (Phi) is 4.10. The van der Waals surface area contributed by atoms with Crippen LogP contribution in [0.25, 0.3) is 11.0 Å². The average Bonchev–Trinajstić information content (AvgIpc) is 2.84. The monoisotopic (exact) mass is 328 g/mol. The number of likely N-dealkylation sites (tertiary alicyclic amines) is 1. The van der Waals surface area contributed by atoms with Crippen molar-refractivity contribution < 1.29 is 9.53 Å². The molecular formula is C15H21BN6O2. The fraction of sp³-hybridized carbons (Fsp3) is 0.600. The summed E-state index contributed by atoms with van der Waals surface area (Å²) in [5.41, 5.74) is 6.25. The highest BCUT2D eigenvalue weighted by Gasteiger charge is 2.30. The molecule has 3 heterocycles. The van der Waals surface area contributed by atoms with E-state index in [1.54, 1.807) is 9.58 Å². The molecule has 1 atom stereocenters. The summed E-state index contributed by atoms with van der Waals surface area (Å²) in [5, 5.41) is 4.94. The number of nitrogens with zero attached hydrogens (tertiary/aromatic N) is 5. The van der Waals surface area contributed by atoms with Crippen LogP contribution in [0.3, 0.4) is 0 Å². The van der Waals surface area contributed by atoms with Gasteiger partial charge in [0.2, 0.25) is 0 Å². The SMILES string of the molecule is [B]c1nn(C2CCCN(C(=O)OC(C)(C)C)C2)c2ncnc(N)c12. The number of nitrogens with two attached hydrogens (primary N) is 1. The number of piperidine rings is 1. The topological polar surface area (TPSA) is 99.2 Å². The molecule has 1 aliphatic heterocycles. The Labute approximate surface area is 141 Å². The molecule has 0 spiro atoms. The van der Waals surface area contributed by atoms with E-state index in [0.717, 1.165) is 12.8 Å². The lowest BCUT2D eigenvalue weighted by atomic mass is 10.0. The molecule has 9 heteroatoms. The van der Waals surface area contributed by atoms with Crippen LogP contribution >= 0.6 is 0 Å². The number of aromatic nitrogens is 4. The molecule has 1 saturated heterocycles. The van der Waals surface area contributed by atoms with Crippen LogP contribution in [-0.2, 0) is 4.74 Å². The summed E-state index contributed by atoms with van der Waals surface area (Å²) in [6, 6.07) is -0.0274. The summed E-state index contributed by atoms with van der Waals surface area (Å²) in [7, 11) is 5.97. The molecule has 2 radical (unpaired) electrons. The fourth-order valence-electron chi connectivity index (χ4n) is 2.92. The number of hydrogen-bond donors (Lipinski definition) is 1. The first-order valence-corrected chi connectivity index (χ1v) is 7.98. The Bertz CT molecular complexity index is 769. The van der Waals surface area contributed by atoms with E-state index in [0.29, 0.717) is 35.5 Å². The lowest BCUT2D eigenvalue weighted by Crippen LogP contribution is -2.43. The molecule has 0 aromatic carbocycles. The second-order valence-electron chi connectivity index (χ2n) is 7.01. The van der Waals surface area contributed by atoms with Crippen LogP contribution in [0.2, 0.25) is 0 Å². The normalized spacial score (nSPS) is 18.8. The molecule has 2 N–H and O–H groups in total. The number of anilines is 1. The van der Waals surface area contributed by atoms with Gasteiger partial charge in [-0.3, -0.25) is 0 Å². The first kappa shape index (κ1) is 16.5. The fourth-order valence-corrected chi connectivity index (χ4v) is 2.92. The van der Waals surface area contributed by atoms with Crippen molar-refractivity contribution in [2.45, 2.75) is 45.3 Å². The van der Waals surface area contributed by atoms with Crippen molar-refractivity contribution in [1.82, 2.24) is 24.6 Å². The number of amides is 1. The zero-order valence-electron chi connectivity index (χ0n) is 14.2. The number of nitrogen functional groups attached to an aromatic ring is 1. The van der Waals surface area contributed by atoms with Gasteiger partial charge < -0.3 is 15.4 Å². The average molecular weight is 328 g/mol. The van der Waals surface area contributed by atoms with Gasteiger partial charge in [-0.25, -0.2) is 19.4 Å². The van der Waals surface area contributed by atoms with Crippen molar-refractivity contribution in [2.24, 2.45) is 0 Å². The molecule has 24 heavy (non-hydrogen) atoms. The smallest absolute Gasteiger partial charge is 0.410 e. The standard InChI is InChI=1S/C15H21BN6O2/c1-15(2,3)24-14(23)21-6-4-5-9(7-21)22-13-10(11(16)20-22)12(17)18-8-19-13/h8-9H,4-7H2,1-3H3,(H2,17,18,19). The van der Waals surface area contributed by atoms with E-state index in [1.165, 1.54) is 6.33 Å². The zero-order chi connectivity index (χ0) is 17.5. The number of hydrogen-bond acceptors (Lipinski definition) is 6. The number of carbonyl (C=O) groups is 1. The molecule has 1 aliphatic rings. The summed E-state index contributed by atoms with van der Waals surface area (Å²) in [5.74, 6) is 0.309. The van der Waals surface area contributed by atoms with Crippen LogP contribution in [-0.4, -0.2) is 57.3 Å². The zero-order valence-corrected chi connectivity index (χ0v) is 14.2. The third kappa shape index (κ3) is 3.15. The third-order valence-electron chi connectivity index (χ3n) is 3.94. The molecule has 1 amide bonds. The van der Waals surface area contributed by atoms with Gasteiger partial charge in [-0.2, -0.15) is 5.10 Å². The minimum absolute atomic E-state index is 0.0274. The lowest BCUT2D eigenvalue weighted by molar-refractivity contribution is 0.0169. The molecule has 0 aliphatic carbocycles. The Morgan fingerprint density at radius 1 is 1.42 bits per heavy atom. The predicted molar refractivity (Wildman–Crippen MR) is 91.2 cm³/mol. The first-order chi connectivity index (χ1) is 11.3. The highest BCUT2D eigenvalue weighted by molar-refractivity contribution is 6.38. The lowest BCUT2D eigenvalue weighted by Gasteiger charge is -2.34. The minimum Gasteiger partial charge on any atom is -0.444 e. The van der Waals surface area contributed by atoms with Gasteiger partial charge in [0.25, 0.3) is 0 Å². The first-order valence-electron chi connectivity index (χ1n) is 7.98. The van der Waals surface area contributed by atoms with Gasteiger partial charge in [-0.15, -0.1) is 0 Å². The summed E-state index contributed by atoms with van der Waals surface area (Å²) in [4.78, 5) is 22.2. The van der Waals surface area contributed by atoms with Gasteiger partial charge in [0.15, 0.2) is 5.65 Å². The third-order valence-corrected chi connectivity index (χ3v) is 3.94. The van der Waals surface area contributed by atoms with Crippen LogP contribution in [0, 0.1) is 0 Å². The molecule has 1 fully saturated rings. The van der Waals surface area contributed by atoms with Crippen molar-refractivity contribution in [3.05, 3.63) is 6.33 Å². The van der Waals surface area contributed by atoms with Crippen LogP contribution < -0.4 is 11.3 Å². The van der Waals surface area contributed by atoms with E-state index in [4.69, 9.17) is 18.3 Å². The van der Waals surface area contributed by atoms with E-state index in [2.05, 4.69) is 15.1 Å². The van der Waals surface area contributed by atoms with Crippen molar-refractivity contribution in [2.75, 3.05) is 18.8 Å². The van der Waals surface area contributed by atoms with E-state index in [9.17, 15) is 4.79 Å². The maximum absolute atomic E-state index is 12.3. The Hall–Kier alpha value is -2.32. The van der Waals surface area contributed by atoms with Gasteiger partial charge in [0.05, 0.1) is 11.4 Å². The number of rotatable bonds is 1. The van der Waals surface area contributed by atoms with Crippen molar-refractivity contribution in [3.8, 4) is 0 Å². The van der Waals surface area contributed by atoms with E-state index < -0.39 is 5.60 Å². The van der Waals surface area contributed by atoms with Gasteiger partial charge in [-0.05, 0) is 33.6 Å². The molecule has 0 bridgehead atoms.